The molecule has 0 bridgehead atoms. The molecule has 3 rings (SSSR count). The highest BCUT2D eigenvalue weighted by atomic mass is 16.5. The summed E-state index contributed by atoms with van der Waals surface area (Å²) in [5.74, 6) is 1.96. The van der Waals surface area contributed by atoms with Crippen LogP contribution in [0.25, 0.3) is 0 Å². The van der Waals surface area contributed by atoms with Gasteiger partial charge in [0.05, 0.1) is 46.1 Å². The summed E-state index contributed by atoms with van der Waals surface area (Å²) in [5.41, 5.74) is 2.69. The highest BCUT2D eigenvalue weighted by molar-refractivity contribution is 6.04. The molecule has 0 aromatic heterocycles. The molecule has 0 spiro atoms. The van der Waals surface area contributed by atoms with Gasteiger partial charge in [0.15, 0.2) is 11.5 Å². The van der Waals surface area contributed by atoms with Crippen LogP contribution in [0.5, 0.6) is 23.0 Å². The van der Waals surface area contributed by atoms with Crippen molar-refractivity contribution in [2.45, 2.75) is 13.0 Å². The number of rotatable bonds is 7. The second kappa shape index (κ2) is 7.84. The van der Waals surface area contributed by atoms with Crippen LogP contribution in [0.1, 0.15) is 17.2 Å². The van der Waals surface area contributed by atoms with Crippen LogP contribution in [0.3, 0.4) is 0 Å². The summed E-state index contributed by atoms with van der Waals surface area (Å²) in [6.07, 6.45) is 1.70. The van der Waals surface area contributed by atoms with Crippen molar-refractivity contribution in [3.05, 3.63) is 54.1 Å². The maximum absolute atomic E-state index is 12.9. The zero-order chi connectivity index (χ0) is 20.4. The van der Waals surface area contributed by atoms with Gasteiger partial charge in [0.2, 0.25) is 11.7 Å². The highest BCUT2D eigenvalue weighted by Crippen LogP contribution is 2.49. The first kappa shape index (κ1) is 19.6. The Kier molecular flexibility index (Phi) is 5.49. The van der Waals surface area contributed by atoms with Crippen LogP contribution in [0.2, 0.25) is 0 Å². The Labute approximate surface area is 165 Å². The van der Waals surface area contributed by atoms with Crippen LogP contribution >= 0.6 is 0 Å². The molecule has 1 aliphatic heterocycles. The molecule has 0 unspecified atom stereocenters. The standard InChI is InChI=1S/C22H25NO5/c1-7-16-20(14-8-9-17(25-3)13(2)10-14)23(22(16)24)15-11-18(26-4)21(28-6)19(12-15)27-5/h7-12,16,20H,1H2,2-6H3/t16-,20-/m0/s1. The number of hydrogen-bond donors (Lipinski definition) is 0. The summed E-state index contributed by atoms with van der Waals surface area (Å²) in [6.45, 7) is 5.83. The van der Waals surface area contributed by atoms with Gasteiger partial charge in [-0.2, -0.15) is 0 Å². The van der Waals surface area contributed by atoms with Crippen molar-refractivity contribution in [1.82, 2.24) is 0 Å². The van der Waals surface area contributed by atoms with Crippen LogP contribution in [0.15, 0.2) is 43.0 Å². The van der Waals surface area contributed by atoms with Crippen molar-refractivity contribution < 1.29 is 23.7 Å². The summed E-state index contributed by atoms with van der Waals surface area (Å²) in [4.78, 5) is 14.6. The van der Waals surface area contributed by atoms with E-state index in [1.807, 2.05) is 25.1 Å². The number of ether oxygens (including phenoxy) is 4. The molecule has 1 aliphatic rings. The summed E-state index contributed by atoms with van der Waals surface area (Å²) in [7, 11) is 6.29. The molecule has 1 heterocycles. The molecule has 1 fully saturated rings. The molecule has 1 amide bonds. The third kappa shape index (κ3) is 3.05. The van der Waals surface area contributed by atoms with E-state index in [-0.39, 0.29) is 17.9 Å². The Morgan fingerprint density at radius 2 is 1.54 bits per heavy atom. The average Bonchev–Trinajstić information content (AvgIpc) is 2.71. The van der Waals surface area contributed by atoms with Gasteiger partial charge in [0, 0.05) is 12.1 Å². The van der Waals surface area contributed by atoms with E-state index in [9.17, 15) is 4.79 Å². The van der Waals surface area contributed by atoms with Gasteiger partial charge in [0.1, 0.15) is 5.75 Å². The number of carbonyl (C=O) groups is 1. The van der Waals surface area contributed by atoms with Gasteiger partial charge >= 0.3 is 0 Å². The predicted molar refractivity (Wildman–Crippen MR) is 108 cm³/mol. The lowest BCUT2D eigenvalue weighted by atomic mass is 9.81. The number of hydrogen-bond acceptors (Lipinski definition) is 5. The molecule has 28 heavy (non-hydrogen) atoms. The first-order valence-electron chi connectivity index (χ1n) is 8.90. The molecule has 2 atom stereocenters. The fourth-order valence-corrected chi connectivity index (χ4v) is 3.68. The number of aryl methyl sites for hydroxylation is 1. The van der Waals surface area contributed by atoms with Crippen molar-refractivity contribution in [2.75, 3.05) is 33.3 Å². The van der Waals surface area contributed by atoms with E-state index in [1.165, 1.54) is 0 Å². The Balaban J connectivity index is 2.08. The Hall–Kier alpha value is -3.15. The van der Waals surface area contributed by atoms with Crippen molar-refractivity contribution >= 4 is 11.6 Å². The van der Waals surface area contributed by atoms with Crippen LogP contribution in [-0.2, 0) is 4.79 Å². The molecule has 0 radical (unpaired) electrons. The monoisotopic (exact) mass is 383 g/mol. The lowest BCUT2D eigenvalue weighted by Crippen LogP contribution is -2.54. The third-order valence-corrected chi connectivity index (χ3v) is 5.08. The number of benzene rings is 2. The first-order valence-corrected chi connectivity index (χ1v) is 8.90. The maximum Gasteiger partial charge on any atom is 0.236 e. The Morgan fingerprint density at radius 3 is 2.00 bits per heavy atom. The van der Waals surface area contributed by atoms with Crippen molar-refractivity contribution in [3.8, 4) is 23.0 Å². The number of nitrogens with zero attached hydrogens (tertiary/aromatic N) is 1. The normalized spacial score (nSPS) is 18.3. The second-order valence-electron chi connectivity index (χ2n) is 6.53. The summed E-state index contributed by atoms with van der Waals surface area (Å²) >= 11 is 0. The summed E-state index contributed by atoms with van der Waals surface area (Å²) in [6, 6.07) is 9.32. The van der Waals surface area contributed by atoms with E-state index in [0.29, 0.717) is 22.9 Å². The summed E-state index contributed by atoms with van der Waals surface area (Å²) < 4.78 is 21.6. The van der Waals surface area contributed by atoms with E-state index >= 15 is 0 Å². The lowest BCUT2D eigenvalue weighted by Gasteiger charge is -2.46. The quantitative estimate of drug-likeness (QED) is 0.536. The van der Waals surface area contributed by atoms with Gasteiger partial charge in [-0.25, -0.2) is 0 Å². The Bertz CT molecular complexity index is 883. The van der Waals surface area contributed by atoms with Gasteiger partial charge in [-0.3, -0.25) is 4.79 Å². The fourth-order valence-electron chi connectivity index (χ4n) is 3.68. The van der Waals surface area contributed by atoms with Gasteiger partial charge in [-0.15, -0.1) is 6.58 Å². The maximum atomic E-state index is 12.9. The zero-order valence-corrected chi connectivity index (χ0v) is 16.8. The van der Waals surface area contributed by atoms with E-state index in [1.54, 1.807) is 51.5 Å². The molecule has 2 aromatic rings. The van der Waals surface area contributed by atoms with Gasteiger partial charge in [0.25, 0.3) is 0 Å². The second-order valence-corrected chi connectivity index (χ2v) is 6.53. The molecule has 0 N–H and O–H groups in total. The first-order chi connectivity index (χ1) is 13.5. The minimum atomic E-state index is -0.299. The van der Waals surface area contributed by atoms with Crippen molar-refractivity contribution in [2.24, 2.45) is 5.92 Å². The van der Waals surface area contributed by atoms with Crippen LogP contribution in [-0.4, -0.2) is 34.3 Å². The number of amides is 1. The zero-order valence-electron chi connectivity index (χ0n) is 16.8. The van der Waals surface area contributed by atoms with Gasteiger partial charge in [-0.05, 0) is 24.1 Å². The molecule has 0 aliphatic carbocycles. The largest absolute Gasteiger partial charge is 0.496 e. The third-order valence-electron chi connectivity index (χ3n) is 5.08. The number of β-lactam (4-membered cyclic amide) rings is 1. The van der Waals surface area contributed by atoms with Gasteiger partial charge in [-0.1, -0.05) is 18.2 Å². The molecule has 6 nitrogen and oxygen atoms in total. The molecule has 6 heteroatoms. The van der Waals surface area contributed by atoms with Crippen LogP contribution in [0, 0.1) is 12.8 Å². The number of methoxy groups -OCH3 is 4. The van der Waals surface area contributed by atoms with Crippen LogP contribution in [0.4, 0.5) is 5.69 Å². The summed E-state index contributed by atoms with van der Waals surface area (Å²) in [5, 5.41) is 0. The van der Waals surface area contributed by atoms with Crippen LogP contribution < -0.4 is 23.8 Å². The molecule has 148 valence electrons. The number of carbonyl (C=O) groups excluding carboxylic acids is 1. The molecular weight excluding hydrogens is 358 g/mol. The topological polar surface area (TPSA) is 57.2 Å². The molecule has 1 saturated heterocycles. The fraction of sp³-hybridized carbons (Fsp3) is 0.318. The number of anilines is 1. The van der Waals surface area contributed by atoms with E-state index < -0.39 is 0 Å². The van der Waals surface area contributed by atoms with E-state index in [0.717, 1.165) is 16.9 Å². The smallest absolute Gasteiger partial charge is 0.236 e. The average molecular weight is 383 g/mol. The SMILES string of the molecule is C=C[C@@H]1C(=O)N(c2cc(OC)c(OC)c(OC)c2)[C@H]1c1ccc(OC)c(C)c1. The van der Waals surface area contributed by atoms with Crippen molar-refractivity contribution in [1.29, 1.82) is 0 Å². The molecule has 2 aromatic carbocycles. The Morgan fingerprint density at radius 1 is 0.929 bits per heavy atom. The van der Waals surface area contributed by atoms with Gasteiger partial charge < -0.3 is 23.8 Å². The molecular formula is C22H25NO5. The minimum absolute atomic E-state index is 0.0252. The molecule has 0 saturated carbocycles. The van der Waals surface area contributed by atoms with E-state index in [4.69, 9.17) is 18.9 Å². The highest BCUT2D eigenvalue weighted by Gasteiger charge is 2.47. The predicted octanol–water partition coefficient (Wildman–Crippen LogP) is 3.92. The minimum Gasteiger partial charge on any atom is -0.496 e. The van der Waals surface area contributed by atoms with Crippen molar-refractivity contribution in [3.63, 3.8) is 0 Å². The lowest BCUT2D eigenvalue weighted by molar-refractivity contribution is -0.128. The van der Waals surface area contributed by atoms with E-state index in [2.05, 4.69) is 6.58 Å².